The lowest BCUT2D eigenvalue weighted by molar-refractivity contribution is -0.192. The third-order valence-corrected chi connectivity index (χ3v) is 20.0. The zero-order chi connectivity index (χ0) is 99.6. The fraction of sp³-hybridized carbons (Fsp3) is 0.734. The molecule has 129 heavy (non-hydrogen) atoms. The molecule has 0 aromatic rings. The predicted octanol–water partition coefficient (Wildman–Crippen LogP) is -6.55. The summed E-state index contributed by atoms with van der Waals surface area (Å²) < 4.78 is 31.7. The molecule has 34 N–H and O–H groups in total. The molecule has 0 fully saturated rings. The molecule has 0 spiro atoms. The molecule has 0 aliphatic heterocycles. The number of unbranched alkanes of at least 4 members (excludes halogenated alkanes) is 3. The number of alkyl halides is 3. The van der Waals surface area contributed by atoms with Crippen molar-refractivity contribution in [3.63, 3.8) is 0 Å². The van der Waals surface area contributed by atoms with Crippen molar-refractivity contribution in [2.45, 2.75) is 308 Å². The van der Waals surface area contributed by atoms with Crippen molar-refractivity contribution in [3.8, 4) is 0 Å². The molecule has 0 aromatic heterocycles. The minimum Gasteiger partial charge on any atom is -0.481 e. The molecular formula is C79H139F3N22O25. The molecule has 0 saturated carbocycles. The van der Waals surface area contributed by atoms with E-state index in [4.69, 9.17) is 55.8 Å². The van der Waals surface area contributed by atoms with Crippen LogP contribution in [0.5, 0.6) is 0 Å². The summed E-state index contributed by atoms with van der Waals surface area (Å²) in [6, 6.07) is -24.0. The van der Waals surface area contributed by atoms with Crippen LogP contribution < -0.4 is 120 Å². The van der Waals surface area contributed by atoms with Gasteiger partial charge in [0.15, 0.2) is 0 Å². The van der Waals surface area contributed by atoms with E-state index in [2.05, 4.69) is 74.4 Å². The summed E-state index contributed by atoms with van der Waals surface area (Å²) in [5, 5.41) is 71.4. The Kier molecular flexibility index (Phi) is 57.3. The van der Waals surface area contributed by atoms with Gasteiger partial charge in [0.05, 0.1) is 31.9 Å². The first-order valence-corrected chi connectivity index (χ1v) is 42.6. The van der Waals surface area contributed by atoms with Crippen molar-refractivity contribution in [2.24, 2.45) is 81.4 Å². The Morgan fingerprint density at radius 3 is 0.899 bits per heavy atom. The summed E-state index contributed by atoms with van der Waals surface area (Å²) in [5.74, 6) is -28.4. The van der Waals surface area contributed by atoms with Gasteiger partial charge in [0.2, 0.25) is 106 Å². The van der Waals surface area contributed by atoms with Gasteiger partial charge in [0.1, 0.15) is 84.6 Å². The lowest BCUT2D eigenvalue weighted by Crippen LogP contribution is -2.62. The van der Waals surface area contributed by atoms with Crippen LogP contribution in [0.25, 0.3) is 0 Å². The average molecular weight is 1850 g/mol. The van der Waals surface area contributed by atoms with Gasteiger partial charge in [0.25, 0.3) is 0 Å². The van der Waals surface area contributed by atoms with E-state index >= 15 is 0 Å². The number of carbonyl (C=O) groups excluding carboxylic acids is 18. The van der Waals surface area contributed by atoms with E-state index in [9.17, 15) is 124 Å². The molecule has 0 unspecified atom stereocenters. The number of amides is 18. The quantitative estimate of drug-likeness (QED) is 0.0252. The lowest BCUT2D eigenvalue weighted by atomic mass is 9.94. The minimum atomic E-state index is -5.08. The van der Waals surface area contributed by atoms with Gasteiger partial charge >= 0.3 is 24.1 Å². The third kappa shape index (κ3) is 48.4. The molecule has 18 amide bonds. The second kappa shape index (κ2) is 61.8. The molecule has 736 valence electrons. The number of aliphatic hydroxyl groups is 1. The van der Waals surface area contributed by atoms with Crippen molar-refractivity contribution in [3.05, 3.63) is 0 Å². The van der Waals surface area contributed by atoms with Gasteiger partial charge in [-0.3, -0.25) is 91.1 Å². The highest BCUT2D eigenvalue weighted by Gasteiger charge is 2.42. The molecule has 0 aliphatic rings. The number of aliphatic carboxylic acids is 3. The highest BCUT2D eigenvalue weighted by molar-refractivity contribution is 6.02. The number of carboxylic acid groups (broad SMARTS) is 3. The van der Waals surface area contributed by atoms with Gasteiger partial charge in [0, 0.05) is 12.8 Å². The van der Waals surface area contributed by atoms with Gasteiger partial charge < -0.3 is 141 Å². The number of primary amides is 4. The van der Waals surface area contributed by atoms with E-state index < -0.39 is 302 Å². The predicted molar refractivity (Wildman–Crippen MR) is 456 cm³/mol. The van der Waals surface area contributed by atoms with Crippen LogP contribution in [0.4, 0.5) is 13.2 Å². The standard InChI is InChI=1S/C77H138N22O23.C2HF3O2/c1-13-41(11)61(99-76(120)62(42(12)14-2)98-66(110)46(24-26-54(82)101)88-73(117)59(39(7)8)96-63(107)43(81)21-15-18-28-78)75(119)94-50(33-56(84)103)69(113)87-44(22-16-19-29-79)64(108)86-45(23-17-20-30-80)65(109)90-48(31-37(3)4)67(111)93-52(35-58(105)106)70(114)91-49(32-38(5)6)68(112)95-53(36-100)72(116)92-51(34-57(85)104)71(115)97-60(40(9)10)74(118)89-47(77(121)122)25-27-55(83)102;3-2(4,5)1(6)7/h37-53,59-62,100H,13-36,78-81H2,1-12H3,(H2,82,101)(H2,83,102)(H2,84,103)(H2,85,104)(H,86,108)(H,87,113)(H,88,117)(H,89,118)(H,90,109)(H,91,114)(H,92,116)(H,93,111)(H,94,119)(H,95,112)(H,96,107)(H,97,115)(H,98,110)(H,99,120)(H,105,106)(H,121,122);(H,6,7)/t41-,42-,43-,44-,45-,46-,47-,48-,49-,50-,51-,52-,53-,59-,60-,61-,62-;/m0./s1. The van der Waals surface area contributed by atoms with E-state index in [1.54, 1.807) is 69.2 Å². The van der Waals surface area contributed by atoms with Crippen LogP contribution in [0.2, 0.25) is 0 Å². The highest BCUT2D eigenvalue weighted by atomic mass is 19.4. The van der Waals surface area contributed by atoms with Crippen LogP contribution in [0, 0.1) is 35.5 Å². The lowest BCUT2D eigenvalue weighted by Gasteiger charge is -2.31. The molecule has 47 nitrogen and oxygen atoms in total. The summed E-state index contributed by atoms with van der Waals surface area (Å²) in [6.07, 6.45) is -7.70. The molecule has 0 bridgehead atoms. The summed E-state index contributed by atoms with van der Waals surface area (Å²) in [7, 11) is 0. The number of rotatable bonds is 64. The average Bonchev–Trinajstić information content (AvgIpc) is 0.859. The van der Waals surface area contributed by atoms with Crippen molar-refractivity contribution < 1.29 is 134 Å². The molecule has 0 rings (SSSR count). The number of nitrogens with one attached hydrogen (secondary N) is 14. The maximum atomic E-state index is 14.7. The fourth-order valence-corrected chi connectivity index (χ4v) is 12.2. The van der Waals surface area contributed by atoms with E-state index in [0.717, 1.165) is 0 Å². The van der Waals surface area contributed by atoms with Crippen LogP contribution >= 0.6 is 0 Å². The summed E-state index contributed by atoms with van der Waals surface area (Å²) in [6.45, 7) is 18.6. The Labute approximate surface area is 746 Å². The number of carboxylic acids is 3. The van der Waals surface area contributed by atoms with E-state index in [0.29, 0.717) is 19.4 Å². The molecule has 0 heterocycles. The maximum absolute atomic E-state index is 14.7. The summed E-state index contributed by atoms with van der Waals surface area (Å²) in [5.41, 5.74) is 45.0. The molecule has 0 radical (unpaired) electrons. The van der Waals surface area contributed by atoms with Gasteiger partial charge in [-0.15, -0.1) is 0 Å². The summed E-state index contributed by atoms with van der Waals surface area (Å²) in [4.78, 5) is 280. The number of hydrogen-bond donors (Lipinski definition) is 26. The number of hydrogen-bond acceptors (Lipinski definition) is 26. The Balaban J connectivity index is 0. The van der Waals surface area contributed by atoms with Crippen LogP contribution in [0.15, 0.2) is 0 Å². The first-order valence-electron chi connectivity index (χ1n) is 42.6. The summed E-state index contributed by atoms with van der Waals surface area (Å²) >= 11 is 0. The Morgan fingerprint density at radius 2 is 0.566 bits per heavy atom. The van der Waals surface area contributed by atoms with Gasteiger partial charge in [-0.25, -0.2) is 9.59 Å². The topological polar surface area (TPSA) is 816 Å². The second-order valence-electron chi connectivity index (χ2n) is 32.8. The van der Waals surface area contributed by atoms with Crippen molar-refractivity contribution in [2.75, 3.05) is 26.2 Å². The maximum Gasteiger partial charge on any atom is 0.490 e. The van der Waals surface area contributed by atoms with Gasteiger partial charge in [-0.1, -0.05) is 102 Å². The van der Waals surface area contributed by atoms with E-state index in [1.165, 1.54) is 13.8 Å². The zero-order valence-electron chi connectivity index (χ0n) is 75.2. The molecule has 17 atom stereocenters. The van der Waals surface area contributed by atoms with E-state index in [-0.39, 0.29) is 90.1 Å². The monoisotopic (exact) mass is 1850 g/mol. The van der Waals surface area contributed by atoms with Gasteiger partial charge in [-0.05, 0) is 132 Å². The molecular weight excluding hydrogens is 1710 g/mol. The normalized spacial score (nSPS) is 15.3. The van der Waals surface area contributed by atoms with Crippen LogP contribution in [-0.4, -0.2) is 268 Å². The van der Waals surface area contributed by atoms with Crippen LogP contribution in [-0.2, 0) is 101 Å². The Bertz CT molecular complexity index is 3750. The van der Waals surface area contributed by atoms with Crippen LogP contribution in [0.3, 0.4) is 0 Å². The Morgan fingerprint density at radius 1 is 0.310 bits per heavy atom. The number of halogens is 3. The highest BCUT2D eigenvalue weighted by Crippen LogP contribution is 2.19. The van der Waals surface area contributed by atoms with Gasteiger partial charge in [-0.2, -0.15) is 13.2 Å². The number of aliphatic hydroxyl groups excluding tert-OH is 1. The minimum absolute atomic E-state index is 0.106. The number of nitrogens with two attached hydrogens (primary N) is 8. The second-order valence-corrected chi connectivity index (χ2v) is 32.8. The zero-order valence-corrected chi connectivity index (χ0v) is 75.2. The fourth-order valence-electron chi connectivity index (χ4n) is 12.2. The van der Waals surface area contributed by atoms with Crippen molar-refractivity contribution >= 4 is 124 Å². The largest absolute Gasteiger partial charge is 0.490 e. The SMILES string of the molecule is CC[C@H](C)[C@H](NC(=O)[C@H](CCC(N)=O)NC(=O)[C@@H](NC(=O)[C@@H](N)CCCCN)C(C)C)C(=O)N[C@H](C(=O)N[C@@H](CC(N)=O)C(=O)N[C@@H](CCCCN)C(=O)N[C@@H](CCCCN)C(=O)N[C@@H](CC(C)C)C(=O)N[C@@H](CC(=O)O)C(=O)N[C@@H](CC(C)C)C(=O)N[C@@H](CO)C(=O)N[C@@H](CC(N)=O)C(=O)N[C@H](C(=O)N[C@@H](CCC(N)=O)C(=O)O)C(C)C)[C@@H](C)CC.O=C(O)C(F)(F)F. The molecule has 0 saturated heterocycles. The smallest absolute Gasteiger partial charge is 0.481 e. The van der Waals surface area contributed by atoms with Crippen molar-refractivity contribution in [1.82, 2.24) is 74.4 Å². The third-order valence-electron chi connectivity index (χ3n) is 20.0. The first kappa shape index (κ1) is 120. The molecule has 0 aliphatic carbocycles. The Hall–Kier alpha value is -11.5. The molecule has 0 aromatic carbocycles. The molecule has 50 heteroatoms. The number of carbonyl (C=O) groups is 21. The first-order chi connectivity index (χ1) is 60.0. The van der Waals surface area contributed by atoms with Crippen molar-refractivity contribution in [1.29, 1.82) is 0 Å². The van der Waals surface area contributed by atoms with Crippen LogP contribution in [0.1, 0.15) is 212 Å². The van der Waals surface area contributed by atoms with E-state index in [1.807, 2.05) is 0 Å².